The van der Waals surface area contributed by atoms with Gasteiger partial charge in [-0.05, 0) is 54.1 Å². The Hall–Kier alpha value is -4.02. The maximum atomic E-state index is 14.9. The fourth-order valence-corrected chi connectivity index (χ4v) is 3.49. The Morgan fingerprint density at radius 1 is 1.06 bits per heavy atom. The van der Waals surface area contributed by atoms with Crippen molar-refractivity contribution in [2.24, 2.45) is 0 Å². The standard InChI is InChI=1S/C24H21F2N5O3/c25-15-7-5-14(6-8-15)18-11-20(31-30-18)23-16(3-1-4-17(23)26)24(34)29-19(21(33)13-32)12-22-27-9-2-10-28-22/h1-11,19,21,32-33H,12-13H2,(H,29,34)(H,30,31). The van der Waals surface area contributed by atoms with Crippen LogP contribution in [0.15, 0.2) is 67.0 Å². The third kappa shape index (κ3) is 5.13. The summed E-state index contributed by atoms with van der Waals surface area (Å²) in [6.07, 6.45) is 1.80. The first-order valence-electron chi connectivity index (χ1n) is 10.4. The number of amides is 1. The number of hydrogen-bond donors (Lipinski definition) is 4. The molecule has 0 bridgehead atoms. The summed E-state index contributed by atoms with van der Waals surface area (Å²) in [6.45, 7) is -0.603. The zero-order valence-corrected chi connectivity index (χ0v) is 17.8. The van der Waals surface area contributed by atoms with E-state index < -0.39 is 36.3 Å². The monoisotopic (exact) mass is 465 g/mol. The third-order valence-electron chi connectivity index (χ3n) is 5.24. The van der Waals surface area contributed by atoms with Crippen LogP contribution >= 0.6 is 0 Å². The number of rotatable bonds is 8. The molecule has 2 atom stereocenters. The Balaban J connectivity index is 1.63. The number of hydrogen-bond acceptors (Lipinski definition) is 6. The number of aliphatic hydroxyl groups is 2. The van der Waals surface area contributed by atoms with Gasteiger partial charge in [-0.25, -0.2) is 18.7 Å². The highest BCUT2D eigenvalue weighted by Gasteiger charge is 2.26. The van der Waals surface area contributed by atoms with E-state index in [1.54, 1.807) is 24.3 Å². The fourth-order valence-electron chi connectivity index (χ4n) is 3.49. The average molecular weight is 465 g/mol. The van der Waals surface area contributed by atoms with Crippen molar-refractivity contribution >= 4 is 5.91 Å². The van der Waals surface area contributed by atoms with Crippen LogP contribution in [0, 0.1) is 11.6 Å². The first-order chi connectivity index (χ1) is 16.5. The van der Waals surface area contributed by atoms with Crippen LogP contribution in [-0.2, 0) is 6.42 Å². The SMILES string of the molecule is O=C(NC(Cc1ncccn1)C(O)CO)c1cccc(F)c1-c1cc(-c2ccc(F)cc2)[nH]n1. The minimum Gasteiger partial charge on any atom is -0.394 e. The lowest BCUT2D eigenvalue weighted by atomic mass is 10.0. The summed E-state index contributed by atoms with van der Waals surface area (Å²) in [5.41, 5.74) is 1.27. The predicted molar refractivity (Wildman–Crippen MR) is 119 cm³/mol. The lowest BCUT2D eigenvalue weighted by Gasteiger charge is -2.22. The van der Waals surface area contributed by atoms with Crippen LogP contribution < -0.4 is 5.32 Å². The molecule has 2 heterocycles. The van der Waals surface area contributed by atoms with Crippen molar-refractivity contribution < 1.29 is 23.8 Å². The summed E-state index contributed by atoms with van der Waals surface area (Å²) in [6, 6.07) is 12.0. The van der Waals surface area contributed by atoms with Gasteiger partial charge in [0.05, 0.1) is 41.3 Å². The lowest BCUT2D eigenvalue weighted by Crippen LogP contribution is -2.46. The molecule has 4 N–H and O–H groups in total. The molecule has 0 aliphatic heterocycles. The highest BCUT2D eigenvalue weighted by atomic mass is 19.1. The van der Waals surface area contributed by atoms with E-state index in [1.807, 2.05) is 0 Å². The number of aliphatic hydroxyl groups excluding tert-OH is 2. The molecule has 0 fully saturated rings. The van der Waals surface area contributed by atoms with Crippen molar-refractivity contribution in [1.29, 1.82) is 0 Å². The summed E-state index contributed by atoms with van der Waals surface area (Å²) in [7, 11) is 0. The van der Waals surface area contributed by atoms with E-state index in [1.165, 1.54) is 42.7 Å². The average Bonchev–Trinajstić information content (AvgIpc) is 3.33. The Morgan fingerprint density at radius 3 is 2.50 bits per heavy atom. The highest BCUT2D eigenvalue weighted by Crippen LogP contribution is 2.29. The summed E-state index contributed by atoms with van der Waals surface area (Å²) in [5.74, 6) is -1.38. The van der Waals surface area contributed by atoms with Crippen LogP contribution in [0.5, 0.6) is 0 Å². The number of halogens is 2. The number of aromatic nitrogens is 4. The summed E-state index contributed by atoms with van der Waals surface area (Å²) in [4.78, 5) is 21.3. The summed E-state index contributed by atoms with van der Waals surface area (Å²) >= 11 is 0. The first-order valence-corrected chi connectivity index (χ1v) is 10.4. The van der Waals surface area contributed by atoms with Crippen LogP contribution in [0.4, 0.5) is 8.78 Å². The van der Waals surface area contributed by atoms with Crippen molar-refractivity contribution in [3.63, 3.8) is 0 Å². The molecular formula is C24H21F2N5O3. The third-order valence-corrected chi connectivity index (χ3v) is 5.24. The van der Waals surface area contributed by atoms with Gasteiger partial charge in [-0.2, -0.15) is 5.10 Å². The number of carbonyl (C=O) groups is 1. The van der Waals surface area contributed by atoms with E-state index in [9.17, 15) is 23.8 Å². The molecule has 0 saturated carbocycles. The lowest BCUT2D eigenvalue weighted by molar-refractivity contribution is 0.0562. The smallest absolute Gasteiger partial charge is 0.252 e. The number of aromatic amines is 1. The normalized spacial score (nSPS) is 12.8. The molecule has 0 saturated heterocycles. The Bertz CT molecular complexity index is 1270. The van der Waals surface area contributed by atoms with Crippen molar-refractivity contribution in [2.45, 2.75) is 18.6 Å². The minimum absolute atomic E-state index is 0.0127. The largest absolute Gasteiger partial charge is 0.394 e. The van der Waals surface area contributed by atoms with Gasteiger partial charge in [-0.15, -0.1) is 0 Å². The second-order valence-corrected chi connectivity index (χ2v) is 7.54. The van der Waals surface area contributed by atoms with E-state index in [4.69, 9.17) is 0 Å². The van der Waals surface area contributed by atoms with Gasteiger partial charge in [-0.3, -0.25) is 9.89 Å². The van der Waals surface area contributed by atoms with E-state index in [0.29, 0.717) is 17.1 Å². The van der Waals surface area contributed by atoms with E-state index in [2.05, 4.69) is 25.5 Å². The van der Waals surface area contributed by atoms with E-state index >= 15 is 0 Å². The van der Waals surface area contributed by atoms with Crippen molar-refractivity contribution in [3.8, 4) is 22.5 Å². The number of carbonyl (C=O) groups excluding carboxylic acids is 1. The van der Waals surface area contributed by atoms with Crippen LogP contribution in [-0.4, -0.2) is 55.0 Å². The van der Waals surface area contributed by atoms with Gasteiger partial charge in [0, 0.05) is 18.8 Å². The predicted octanol–water partition coefficient (Wildman–Crippen LogP) is 2.51. The molecule has 0 aliphatic carbocycles. The molecule has 34 heavy (non-hydrogen) atoms. The van der Waals surface area contributed by atoms with Crippen LogP contribution in [0.2, 0.25) is 0 Å². The number of benzene rings is 2. The van der Waals surface area contributed by atoms with Gasteiger partial charge < -0.3 is 15.5 Å². The molecule has 174 valence electrons. The summed E-state index contributed by atoms with van der Waals surface area (Å²) in [5, 5.41) is 29.2. The zero-order valence-electron chi connectivity index (χ0n) is 17.8. The van der Waals surface area contributed by atoms with Gasteiger partial charge >= 0.3 is 0 Å². The number of nitrogens with one attached hydrogen (secondary N) is 2. The topological polar surface area (TPSA) is 124 Å². The molecule has 2 unspecified atom stereocenters. The molecule has 0 aliphatic rings. The van der Waals surface area contributed by atoms with Gasteiger partial charge in [0.25, 0.3) is 5.91 Å². The summed E-state index contributed by atoms with van der Waals surface area (Å²) < 4.78 is 28.1. The number of H-pyrrole nitrogens is 1. The maximum Gasteiger partial charge on any atom is 0.252 e. The first kappa shape index (κ1) is 23.1. The molecule has 4 aromatic rings. The minimum atomic E-state index is -1.29. The van der Waals surface area contributed by atoms with Crippen LogP contribution in [0.3, 0.4) is 0 Å². The second kappa shape index (κ2) is 10.3. The molecule has 8 nitrogen and oxygen atoms in total. The van der Waals surface area contributed by atoms with Gasteiger partial charge in [-0.1, -0.05) is 6.07 Å². The van der Waals surface area contributed by atoms with Gasteiger partial charge in [0.15, 0.2) is 0 Å². The molecule has 0 spiro atoms. The Morgan fingerprint density at radius 2 is 1.79 bits per heavy atom. The van der Waals surface area contributed by atoms with Gasteiger partial charge in [0.1, 0.15) is 17.5 Å². The number of nitrogens with zero attached hydrogens (tertiary/aromatic N) is 3. The van der Waals surface area contributed by atoms with Crippen LogP contribution in [0.1, 0.15) is 16.2 Å². The van der Waals surface area contributed by atoms with Crippen molar-refractivity contribution in [3.05, 3.63) is 90.0 Å². The molecule has 4 rings (SSSR count). The van der Waals surface area contributed by atoms with Crippen molar-refractivity contribution in [1.82, 2.24) is 25.5 Å². The van der Waals surface area contributed by atoms with Gasteiger partial charge in [0.2, 0.25) is 0 Å². The molecular weight excluding hydrogens is 444 g/mol. The highest BCUT2D eigenvalue weighted by molar-refractivity contribution is 6.01. The maximum absolute atomic E-state index is 14.9. The molecule has 10 heteroatoms. The molecule has 1 amide bonds. The Kier molecular flexibility index (Phi) is 7.00. The second-order valence-electron chi connectivity index (χ2n) is 7.54. The quantitative estimate of drug-likeness (QED) is 0.317. The van der Waals surface area contributed by atoms with Crippen molar-refractivity contribution in [2.75, 3.05) is 6.61 Å². The molecule has 0 radical (unpaired) electrons. The Labute approximate surface area is 193 Å². The zero-order chi connectivity index (χ0) is 24.1. The van der Waals surface area contributed by atoms with E-state index in [-0.39, 0.29) is 23.2 Å². The van der Waals surface area contributed by atoms with Crippen LogP contribution in [0.25, 0.3) is 22.5 Å². The molecule has 2 aromatic heterocycles. The van der Waals surface area contributed by atoms with E-state index in [0.717, 1.165) is 0 Å². The molecule has 2 aromatic carbocycles. The fraction of sp³-hybridized carbons (Fsp3) is 0.167.